The number of halogens is 1. The molecule has 1 fully saturated rings. The van der Waals surface area contributed by atoms with Gasteiger partial charge in [0.1, 0.15) is 12.1 Å². The first kappa shape index (κ1) is 9.23. The summed E-state index contributed by atoms with van der Waals surface area (Å²) in [5, 5.41) is 0. The van der Waals surface area contributed by atoms with Gasteiger partial charge in [0.25, 0.3) is 0 Å². The number of rotatable bonds is 2. The molecule has 2 atom stereocenters. The van der Waals surface area contributed by atoms with Crippen molar-refractivity contribution in [2.24, 2.45) is 0 Å². The van der Waals surface area contributed by atoms with Crippen molar-refractivity contribution in [2.75, 3.05) is 0 Å². The molecule has 1 saturated heterocycles. The Kier molecular flexibility index (Phi) is 2.51. The van der Waals surface area contributed by atoms with Crippen LogP contribution in [0.5, 0.6) is 0 Å². The first-order valence-electron chi connectivity index (χ1n) is 4.36. The number of aromatic nitrogens is 1. The zero-order chi connectivity index (χ0) is 9.97. The molecular weight excluding hydrogens is 185 g/mol. The standard InChI is InChI=1S/C9H10FN3O/c10-7-1-6(3-11-4-7)9-2-8(5-14)12-13-9/h1,3-5,8-9,12-13H,2H2. The number of hydrogen-bond acceptors (Lipinski definition) is 4. The van der Waals surface area contributed by atoms with E-state index in [4.69, 9.17) is 0 Å². The van der Waals surface area contributed by atoms with E-state index in [1.165, 1.54) is 6.07 Å². The Hall–Kier alpha value is -1.33. The summed E-state index contributed by atoms with van der Waals surface area (Å²) < 4.78 is 12.8. The maximum Gasteiger partial charge on any atom is 0.141 e. The summed E-state index contributed by atoms with van der Waals surface area (Å²) >= 11 is 0. The average molecular weight is 195 g/mol. The first-order chi connectivity index (χ1) is 6.79. The lowest BCUT2D eigenvalue weighted by atomic mass is 10.0. The van der Waals surface area contributed by atoms with Crippen molar-refractivity contribution >= 4 is 6.29 Å². The van der Waals surface area contributed by atoms with Crippen molar-refractivity contribution in [1.82, 2.24) is 15.8 Å². The van der Waals surface area contributed by atoms with Crippen LogP contribution in [-0.2, 0) is 4.79 Å². The molecule has 1 aromatic rings. The van der Waals surface area contributed by atoms with E-state index in [1.807, 2.05) is 0 Å². The molecular formula is C9H10FN3O. The van der Waals surface area contributed by atoms with E-state index in [-0.39, 0.29) is 17.9 Å². The second kappa shape index (κ2) is 3.81. The van der Waals surface area contributed by atoms with Crippen molar-refractivity contribution < 1.29 is 9.18 Å². The summed E-state index contributed by atoms with van der Waals surface area (Å²) in [5.74, 6) is -0.362. The van der Waals surface area contributed by atoms with Crippen LogP contribution >= 0.6 is 0 Å². The van der Waals surface area contributed by atoms with E-state index in [0.717, 1.165) is 18.0 Å². The zero-order valence-electron chi connectivity index (χ0n) is 7.40. The molecule has 0 spiro atoms. The summed E-state index contributed by atoms with van der Waals surface area (Å²) in [5.41, 5.74) is 6.47. The molecule has 0 bridgehead atoms. The Morgan fingerprint density at radius 1 is 1.50 bits per heavy atom. The van der Waals surface area contributed by atoms with E-state index >= 15 is 0 Å². The van der Waals surface area contributed by atoms with Gasteiger partial charge in [-0.05, 0) is 18.1 Å². The van der Waals surface area contributed by atoms with Crippen molar-refractivity contribution in [1.29, 1.82) is 0 Å². The van der Waals surface area contributed by atoms with Gasteiger partial charge < -0.3 is 4.79 Å². The van der Waals surface area contributed by atoms with Crippen LogP contribution in [-0.4, -0.2) is 17.3 Å². The summed E-state index contributed by atoms with van der Waals surface area (Å²) in [6.45, 7) is 0. The van der Waals surface area contributed by atoms with E-state index in [0.29, 0.717) is 6.42 Å². The molecule has 0 aromatic carbocycles. The van der Waals surface area contributed by atoms with Gasteiger partial charge in [-0.25, -0.2) is 15.2 Å². The smallest absolute Gasteiger partial charge is 0.141 e. The number of carbonyl (C=O) groups excluding carboxylic acids is 1. The minimum absolute atomic E-state index is 0.0478. The van der Waals surface area contributed by atoms with Crippen LogP contribution in [0.15, 0.2) is 18.5 Å². The van der Waals surface area contributed by atoms with Crippen molar-refractivity contribution in [3.8, 4) is 0 Å². The highest BCUT2D eigenvalue weighted by Crippen LogP contribution is 2.20. The van der Waals surface area contributed by atoms with Crippen LogP contribution in [0.25, 0.3) is 0 Å². The van der Waals surface area contributed by atoms with Gasteiger partial charge in [-0.15, -0.1) is 0 Å². The normalized spacial score (nSPS) is 26.4. The van der Waals surface area contributed by atoms with Crippen molar-refractivity contribution in [2.45, 2.75) is 18.5 Å². The number of nitrogens with zero attached hydrogens (tertiary/aromatic N) is 1. The van der Waals surface area contributed by atoms with Gasteiger partial charge in [-0.1, -0.05) is 0 Å². The number of hydrazine groups is 1. The molecule has 5 heteroatoms. The Labute approximate surface area is 80.5 Å². The van der Waals surface area contributed by atoms with E-state index in [9.17, 15) is 9.18 Å². The third kappa shape index (κ3) is 1.78. The van der Waals surface area contributed by atoms with Gasteiger partial charge in [-0.2, -0.15) is 0 Å². The Morgan fingerprint density at radius 2 is 2.36 bits per heavy atom. The third-order valence-electron chi connectivity index (χ3n) is 2.23. The van der Waals surface area contributed by atoms with E-state index < -0.39 is 0 Å². The van der Waals surface area contributed by atoms with Gasteiger partial charge >= 0.3 is 0 Å². The molecule has 2 N–H and O–H groups in total. The van der Waals surface area contributed by atoms with Crippen LogP contribution < -0.4 is 10.9 Å². The third-order valence-corrected chi connectivity index (χ3v) is 2.23. The van der Waals surface area contributed by atoms with Gasteiger partial charge in [-0.3, -0.25) is 4.98 Å². The quantitative estimate of drug-likeness (QED) is 0.667. The molecule has 1 aliphatic heterocycles. The van der Waals surface area contributed by atoms with Gasteiger partial charge in [0.05, 0.1) is 12.2 Å². The minimum atomic E-state index is -0.362. The second-order valence-electron chi connectivity index (χ2n) is 3.26. The number of hydrogen-bond donors (Lipinski definition) is 2. The lowest BCUT2D eigenvalue weighted by Gasteiger charge is -2.08. The Balaban J connectivity index is 2.13. The molecule has 1 aliphatic rings. The largest absolute Gasteiger partial charge is 0.302 e. The molecule has 0 amide bonds. The van der Waals surface area contributed by atoms with E-state index in [1.54, 1.807) is 6.20 Å². The van der Waals surface area contributed by atoms with Crippen LogP contribution in [0.2, 0.25) is 0 Å². The van der Waals surface area contributed by atoms with Crippen LogP contribution in [0.1, 0.15) is 18.0 Å². The summed E-state index contributed by atoms with van der Waals surface area (Å²) in [7, 11) is 0. The fourth-order valence-corrected chi connectivity index (χ4v) is 1.51. The van der Waals surface area contributed by atoms with Crippen LogP contribution in [0.4, 0.5) is 4.39 Å². The minimum Gasteiger partial charge on any atom is -0.302 e. The molecule has 74 valence electrons. The molecule has 0 aliphatic carbocycles. The monoisotopic (exact) mass is 195 g/mol. The van der Waals surface area contributed by atoms with Gasteiger partial charge in [0, 0.05) is 12.2 Å². The SMILES string of the molecule is O=CC1CC(c2cncc(F)c2)NN1. The summed E-state index contributed by atoms with van der Waals surface area (Å²) in [6, 6.07) is 1.16. The van der Waals surface area contributed by atoms with Gasteiger partial charge in [0.15, 0.2) is 0 Å². The highest BCUT2D eigenvalue weighted by atomic mass is 19.1. The maximum atomic E-state index is 12.8. The lowest BCUT2D eigenvalue weighted by molar-refractivity contribution is -0.109. The fraction of sp³-hybridized carbons (Fsp3) is 0.333. The zero-order valence-corrected chi connectivity index (χ0v) is 7.40. The molecule has 14 heavy (non-hydrogen) atoms. The molecule has 0 radical (unpaired) electrons. The molecule has 2 unspecified atom stereocenters. The highest BCUT2D eigenvalue weighted by molar-refractivity contribution is 5.58. The Morgan fingerprint density at radius 3 is 3.00 bits per heavy atom. The highest BCUT2D eigenvalue weighted by Gasteiger charge is 2.24. The second-order valence-corrected chi connectivity index (χ2v) is 3.26. The van der Waals surface area contributed by atoms with E-state index in [2.05, 4.69) is 15.8 Å². The topological polar surface area (TPSA) is 54.0 Å². The van der Waals surface area contributed by atoms with Crippen molar-refractivity contribution in [3.63, 3.8) is 0 Å². The molecule has 4 nitrogen and oxygen atoms in total. The summed E-state index contributed by atoms with van der Waals surface area (Å²) in [4.78, 5) is 14.2. The fourth-order valence-electron chi connectivity index (χ4n) is 1.51. The number of pyridine rings is 1. The van der Waals surface area contributed by atoms with Gasteiger partial charge in [0.2, 0.25) is 0 Å². The number of aldehydes is 1. The number of carbonyl (C=O) groups is 1. The predicted molar refractivity (Wildman–Crippen MR) is 47.7 cm³/mol. The lowest BCUT2D eigenvalue weighted by Crippen LogP contribution is -2.31. The molecule has 2 rings (SSSR count). The number of nitrogens with one attached hydrogen (secondary N) is 2. The maximum absolute atomic E-state index is 12.8. The molecule has 1 aromatic heterocycles. The average Bonchev–Trinajstić information content (AvgIpc) is 2.66. The first-order valence-corrected chi connectivity index (χ1v) is 4.36. The Bertz CT molecular complexity index is 345. The van der Waals surface area contributed by atoms with Crippen LogP contribution in [0, 0.1) is 5.82 Å². The molecule has 0 saturated carbocycles. The van der Waals surface area contributed by atoms with Crippen molar-refractivity contribution in [3.05, 3.63) is 29.8 Å². The summed E-state index contributed by atoms with van der Waals surface area (Å²) in [6.07, 6.45) is 4.20. The van der Waals surface area contributed by atoms with Crippen LogP contribution in [0.3, 0.4) is 0 Å². The predicted octanol–water partition coefficient (Wildman–Crippen LogP) is 0.327. The molecule has 2 heterocycles.